The Balaban J connectivity index is 1.40. The Labute approximate surface area is 183 Å². The Morgan fingerprint density at radius 3 is 2.68 bits per heavy atom. The zero-order chi connectivity index (χ0) is 21.6. The summed E-state index contributed by atoms with van der Waals surface area (Å²) in [6, 6.07) is 21.1. The topological polar surface area (TPSA) is 45.2 Å². The molecule has 5 heteroatoms. The molecular weight excluding hydrogens is 389 g/mol. The summed E-state index contributed by atoms with van der Waals surface area (Å²) < 4.78 is 14.0. The van der Waals surface area contributed by atoms with Crippen LogP contribution >= 0.6 is 0 Å². The van der Waals surface area contributed by atoms with Crippen molar-refractivity contribution in [2.75, 3.05) is 18.4 Å². The van der Waals surface area contributed by atoms with Crippen LogP contribution in [0.15, 0.2) is 66.7 Å². The van der Waals surface area contributed by atoms with E-state index in [9.17, 15) is 9.18 Å². The highest BCUT2D eigenvalue weighted by molar-refractivity contribution is 5.88. The molecule has 1 N–H and O–H groups in total. The highest BCUT2D eigenvalue weighted by atomic mass is 19.1. The van der Waals surface area contributed by atoms with Gasteiger partial charge in [0.1, 0.15) is 5.82 Å². The van der Waals surface area contributed by atoms with Crippen molar-refractivity contribution in [1.29, 1.82) is 0 Å². The maximum Gasteiger partial charge on any atom is 0.221 e. The zero-order valence-corrected chi connectivity index (χ0v) is 17.9. The first-order chi connectivity index (χ1) is 15.1. The maximum absolute atomic E-state index is 14.0. The summed E-state index contributed by atoms with van der Waals surface area (Å²) in [5.74, 6) is 0.146. The maximum atomic E-state index is 14.0. The molecule has 4 rings (SSSR count). The third-order valence-corrected chi connectivity index (χ3v) is 5.76. The Kier molecular flexibility index (Phi) is 6.73. The number of nitrogens with one attached hydrogen (secondary N) is 1. The van der Waals surface area contributed by atoms with Crippen LogP contribution in [-0.2, 0) is 17.8 Å². The van der Waals surface area contributed by atoms with E-state index in [2.05, 4.69) is 28.4 Å². The molecule has 1 aliphatic rings. The first kappa shape index (κ1) is 21.2. The summed E-state index contributed by atoms with van der Waals surface area (Å²) in [4.78, 5) is 18.5. The van der Waals surface area contributed by atoms with Crippen molar-refractivity contribution in [3.63, 3.8) is 0 Å². The molecule has 0 saturated carbocycles. The molecule has 0 spiro atoms. The number of hydrogen-bond donors (Lipinski definition) is 1. The van der Waals surface area contributed by atoms with Crippen molar-refractivity contribution in [3.05, 3.63) is 95.1 Å². The van der Waals surface area contributed by atoms with Crippen LogP contribution in [0.2, 0.25) is 0 Å². The number of carbonyl (C=O) groups excluding carboxylic acids is 1. The van der Waals surface area contributed by atoms with Gasteiger partial charge >= 0.3 is 0 Å². The summed E-state index contributed by atoms with van der Waals surface area (Å²) in [7, 11) is 0. The van der Waals surface area contributed by atoms with Crippen molar-refractivity contribution in [3.8, 4) is 0 Å². The molecule has 31 heavy (non-hydrogen) atoms. The number of benzene rings is 2. The predicted octanol–water partition coefficient (Wildman–Crippen LogP) is 5.15. The highest BCUT2D eigenvalue weighted by Crippen LogP contribution is 2.27. The molecule has 0 bridgehead atoms. The van der Waals surface area contributed by atoms with Gasteiger partial charge < -0.3 is 5.32 Å². The number of halogens is 1. The van der Waals surface area contributed by atoms with Crippen LogP contribution in [-0.4, -0.2) is 28.9 Å². The van der Waals surface area contributed by atoms with Crippen molar-refractivity contribution >= 4 is 11.6 Å². The Hall–Kier alpha value is -3.05. The quantitative estimate of drug-likeness (QED) is 0.603. The molecule has 1 unspecified atom stereocenters. The van der Waals surface area contributed by atoms with Gasteiger partial charge in [0.15, 0.2) is 0 Å². The van der Waals surface area contributed by atoms with E-state index in [1.54, 1.807) is 6.07 Å². The predicted molar refractivity (Wildman–Crippen MR) is 121 cm³/mol. The van der Waals surface area contributed by atoms with Gasteiger partial charge in [-0.15, -0.1) is 0 Å². The Morgan fingerprint density at radius 1 is 1.10 bits per heavy atom. The Morgan fingerprint density at radius 2 is 1.90 bits per heavy atom. The van der Waals surface area contributed by atoms with Crippen LogP contribution in [0.3, 0.4) is 0 Å². The van der Waals surface area contributed by atoms with Gasteiger partial charge in [-0.25, -0.2) is 4.39 Å². The number of piperidine rings is 1. The van der Waals surface area contributed by atoms with Crippen molar-refractivity contribution in [2.45, 2.75) is 38.6 Å². The van der Waals surface area contributed by atoms with Crippen LogP contribution in [0.4, 0.5) is 10.1 Å². The summed E-state index contributed by atoms with van der Waals surface area (Å²) in [6.07, 6.45) is 2.76. The summed E-state index contributed by atoms with van der Waals surface area (Å²) in [5, 5.41) is 2.81. The normalized spacial score (nSPS) is 16.8. The van der Waals surface area contributed by atoms with Crippen LogP contribution in [0, 0.1) is 5.82 Å². The molecule has 1 atom stereocenters. The van der Waals surface area contributed by atoms with E-state index in [1.165, 1.54) is 18.6 Å². The molecule has 3 aromatic rings. The minimum absolute atomic E-state index is 0.0589. The number of likely N-dealkylation sites (tertiary alicyclic amines) is 1. The van der Waals surface area contributed by atoms with Gasteiger partial charge in [0.25, 0.3) is 0 Å². The van der Waals surface area contributed by atoms with Crippen molar-refractivity contribution in [2.24, 2.45) is 0 Å². The molecule has 160 valence electrons. The fraction of sp³-hybridized carbons (Fsp3) is 0.308. The lowest BCUT2D eigenvalue weighted by molar-refractivity contribution is -0.114. The number of pyridine rings is 1. The molecule has 1 fully saturated rings. The van der Waals surface area contributed by atoms with Gasteiger partial charge in [0, 0.05) is 49.4 Å². The molecule has 2 heterocycles. The largest absolute Gasteiger partial charge is 0.326 e. The Bertz CT molecular complexity index is 1030. The molecular formula is C26H28FN3O. The van der Waals surface area contributed by atoms with Crippen molar-refractivity contribution in [1.82, 2.24) is 9.88 Å². The summed E-state index contributed by atoms with van der Waals surface area (Å²) in [5.41, 5.74) is 4.74. The van der Waals surface area contributed by atoms with Gasteiger partial charge in [0.05, 0.1) is 0 Å². The number of carbonyl (C=O) groups is 1. The minimum atomic E-state index is -0.178. The number of rotatable bonds is 6. The highest BCUT2D eigenvalue weighted by Gasteiger charge is 2.22. The fourth-order valence-electron chi connectivity index (χ4n) is 4.26. The van der Waals surface area contributed by atoms with Gasteiger partial charge in [0.2, 0.25) is 5.91 Å². The molecule has 2 aromatic carbocycles. The third kappa shape index (κ3) is 5.76. The lowest BCUT2D eigenvalue weighted by atomic mass is 9.93. The third-order valence-electron chi connectivity index (χ3n) is 5.76. The van der Waals surface area contributed by atoms with E-state index in [0.717, 1.165) is 49.6 Å². The molecule has 1 saturated heterocycles. The average Bonchev–Trinajstić information content (AvgIpc) is 2.77. The van der Waals surface area contributed by atoms with E-state index >= 15 is 0 Å². The molecule has 1 aromatic heterocycles. The first-order valence-electron chi connectivity index (χ1n) is 10.8. The summed E-state index contributed by atoms with van der Waals surface area (Å²) >= 11 is 0. The van der Waals surface area contributed by atoms with Crippen molar-refractivity contribution < 1.29 is 9.18 Å². The smallest absolute Gasteiger partial charge is 0.221 e. The van der Waals surface area contributed by atoms with E-state index < -0.39 is 0 Å². The van der Waals surface area contributed by atoms with E-state index in [0.29, 0.717) is 17.9 Å². The molecule has 1 aliphatic heterocycles. The number of hydrogen-bond acceptors (Lipinski definition) is 3. The zero-order valence-electron chi connectivity index (χ0n) is 17.9. The monoisotopic (exact) mass is 417 g/mol. The van der Waals surface area contributed by atoms with Crippen LogP contribution in [0.1, 0.15) is 48.2 Å². The molecule has 4 nitrogen and oxygen atoms in total. The second-order valence-corrected chi connectivity index (χ2v) is 8.27. The number of aromatic nitrogens is 1. The van der Waals surface area contributed by atoms with Gasteiger partial charge in [-0.2, -0.15) is 0 Å². The SMILES string of the molecule is CC(=O)Nc1ccc(CN2CCCC(c3cccc(Cc4ccccc4F)n3)C2)cc1. The number of amides is 1. The average molecular weight is 418 g/mol. The van der Waals surface area contributed by atoms with Crippen LogP contribution in [0.5, 0.6) is 0 Å². The van der Waals surface area contributed by atoms with E-state index in [4.69, 9.17) is 4.98 Å². The number of anilines is 1. The second kappa shape index (κ2) is 9.84. The molecule has 1 amide bonds. The summed E-state index contributed by atoms with van der Waals surface area (Å²) in [6.45, 7) is 4.43. The van der Waals surface area contributed by atoms with Crippen LogP contribution < -0.4 is 5.32 Å². The molecule has 0 aliphatic carbocycles. The lowest BCUT2D eigenvalue weighted by Crippen LogP contribution is -2.34. The molecule has 0 radical (unpaired) electrons. The first-order valence-corrected chi connectivity index (χ1v) is 10.8. The van der Waals surface area contributed by atoms with E-state index in [-0.39, 0.29) is 11.7 Å². The van der Waals surface area contributed by atoms with Gasteiger partial charge in [-0.05, 0) is 60.8 Å². The van der Waals surface area contributed by atoms with Gasteiger partial charge in [-0.3, -0.25) is 14.7 Å². The van der Waals surface area contributed by atoms with Gasteiger partial charge in [-0.1, -0.05) is 36.4 Å². The minimum Gasteiger partial charge on any atom is -0.326 e. The standard InChI is InChI=1S/C26H28FN3O/c1-19(31)28-23-13-11-20(12-14-23)17-30-15-5-7-22(18-30)26-10-4-8-24(29-26)16-21-6-2-3-9-25(21)27/h2-4,6,8-14,22H,5,7,15-18H2,1H3,(H,28,31). The van der Waals surface area contributed by atoms with Crippen LogP contribution in [0.25, 0.3) is 0 Å². The fourth-order valence-corrected chi connectivity index (χ4v) is 4.26. The second-order valence-electron chi connectivity index (χ2n) is 8.27. The van der Waals surface area contributed by atoms with E-state index in [1.807, 2.05) is 36.4 Å². The number of nitrogens with zero attached hydrogens (tertiary/aromatic N) is 2. The lowest BCUT2D eigenvalue weighted by Gasteiger charge is -2.32.